The quantitative estimate of drug-likeness (QED) is 0.0606. The van der Waals surface area contributed by atoms with Gasteiger partial charge in [-0.15, -0.1) is 0 Å². The van der Waals surface area contributed by atoms with Crippen LogP contribution in [0.5, 0.6) is 0 Å². The molecule has 4 aromatic carbocycles. The molecule has 0 saturated carbocycles. The van der Waals surface area contributed by atoms with E-state index < -0.39 is 41.7 Å². The Morgan fingerprint density at radius 3 is 1.94 bits per heavy atom. The van der Waals surface area contributed by atoms with E-state index in [9.17, 15) is 28.8 Å². The number of aromatic amines is 1. The zero-order chi connectivity index (χ0) is 47.3. The highest BCUT2D eigenvalue weighted by molar-refractivity contribution is 6.10. The first-order valence-corrected chi connectivity index (χ1v) is 22.7. The second-order valence-corrected chi connectivity index (χ2v) is 19.8. The molecular weight excluding hydrogens is 838 g/mol. The SMILES string of the molecule is CC(C)(C)CC(=O)N[C@H](C(=O)c1cc(-c2[nH]c3ccc(NC(=O)[C@@H]4CCCN4C(=O)[C@@H](NC(=O)CC(C)(C)C)c4ccccc4)cc3c2F)ccc1NC(=O)[C@@H]1CCCN1)c1ccccc1. The molecule has 0 aliphatic carbocycles. The molecule has 13 nitrogen and oxygen atoms in total. The summed E-state index contributed by atoms with van der Waals surface area (Å²) in [4.78, 5) is 87.4. The number of likely N-dealkylation sites (tertiary alicyclic amines) is 1. The number of benzene rings is 4. The Hall–Kier alpha value is -6.67. The molecule has 7 rings (SSSR count). The van der Waals surface area contributed by atoms with E-state index in [1.165, 1.54) is 17.0 Å². The highest BCUT2D eigenvalue weighted by Gasteiger charge is 2.39. The van der Waals surface area contributed by atoms with Gasteiger partial charge in [-0.1, -0.05) is 108 Å². The Balaban J connectivity index is 1.16. The average molecular weight is 898 g/mol. The number of fused-ring (bicyclic) bond motifs is 1. The van der Waals surface area contributed by atoms with Crippen LogP contribution in [0.15, 0.2) is 97.1 Å². The molecule has 3 heterocycles. The van der Waals surface area contributed by atoms with E-state index in [0.29, 0.717) is 60.2 Å². The summed E-state index contributed by atoms with van der Waals surface area (Å²) in [6.45, 7) is 12.6. The summed E-state index contributed by atoms with van der Waals surface area (Å²) < 4.78 is 16.7. The number of H-pyrrole nitrogens is 1. The smallest absolute Gasteiger partial charge is 0.250 e. The van der Waals surface area contributed by atoms with E-state index >= 15 is 4.39 Å². The van der Waals surface area contributed by atoms with Gasteiger partial charge in [0.25, 0.3) is 0 Å². The topological polar surface area (TPSA) is 182 Å². The first kappa shape index (κ1) is 47.3. The maximum atomic E-state index is 16.7. The van der Waals surface area contributed by atoms with Crippen molar-refractivity contribution in [1.82, 2.24) is 25.8 Å². The number of amides is 5. The number of anilines is 2. The van der Waals surface area contributed by atoms with Crippen LogP contribution in [0.3, 0.4) is 0 Å². The Bertz CT molecular complexity index is 2610. The minimum Gasteiger partial charge on any atom is -0.352 e. The summed E-state index contributed by atoms with van der Waals surface area (Å²) in [5.41, 5.74) is 1.89. The van der Waals surface area contributed by atoms with Gasteiger partial charge in [0.1, 0.15) is 18.1 Å². The number of hydrogen-bond donors (Lipinski definition) is 6. The zero-order valence-corrected chi connectivity index (χ0v) is 38.5. The second kappa shape index (κ2) is 19.8. The standard InChI is InChI=1S/C52H60FN7O6/c1-51(2,3)29-41(61)58-45(31-15-9-7-10-16-31)47(63)36-27-33(21-23-38(36)57-48(64)39-19-13-25-54-39)44-43(53)35-28-34(22-24-37(35)56-44)55-49(65)40-20-14-26-60(40)50(66)46(32-17-11-8-12-18-32)59-42(62)30-52(4,5)6/h7-12,15-18,21-24,27-28,39-40,45-46,54,56H,13-14,19-20,25-26,29-30H2,1-6H3,(H,55,65)(H,57,64)(H,58,61)(H,59,62)/t39-,40-,45-,46-/m0/s1. The maximum Gasteiger partial charge on any atom is 0.250 e. The maximum absolute atomic E-state index is 16.7. The van der Waals surface area contributed by atoms with Crippen molar-refractivity contribution >= 4 is 57.6 Å². The highest BCUT2D eigenvalue weighted by Crippen LogP contribution is 2.35. The molecule has 346 valence electrons. The van der Waals surface area contributed by atoms with Gasteiger partial charge in [-0.3, -0.25) is 28.8 Å². The molecule has 0 spiro atoms. The van der Waals surface area contributed by atoms with Gasteiger partial charge in [0, 0.05) is 47.1 Å². The van der Waals surface area contributed by atoms with Crippen molar-refractivity contribution in [2.75, 3.05) is 23.7 Å². The number of nitrogens with one attached hydrogen (secondary N) is 6. The molecule has 5 aromatic rings. The number of carbonyl (C=O) groups excluding carboxylic acids is 6. The van der Waals surface area contributed by atoms with E-state index in [2.05, 4.69) is 31.6 Å². The van der Waals surface area contributed by atoms with Gasteiger partial charge in [0.15, 0.2) is 11.6 Å². The number of nitrogens with zero attached hydrogens (tertiary/aromatic N) is 1. The van der Waals surface area contributed by atoms with E-state index in [-0.39, 0.29) is 69.6 Å². The summed E-state index contributed by atoms with van der Waals surface area (Å²) >= 11 is 0. The lowest BCUT2D eigenvalue weighted by Gasteiger charge is -2.29. The summed E-state index contributed by atoms with van der Waals surface area (Å²) in [6, 6.07) is 23.9. The predicted octanol–water partition coefficient (Wildman–Crippen LogP) is 8.36. The zero-order valence-electron chi connectivity index (χ0n) is 38.5. The first-order valence-electron chi connectivity index (χ1n) is 22.7. The van der Waals surface area contributed by atoms with Crippen molar-refractivity contribution in [3.63, 3.8) is 0 Å². The molecule has 5 amide bonds. The van der Waals surface area contributed by atoms with Crippen molar-refractivity contribution in [2.45, 2.75) is 104 Å². The van der Waals surface area contributed by atoms with Crippen LogP contribution in [0, 0.1) is 16.6 Å². The van der Waals surface area contributed by atoms with Gasteiger partial charge < -0.3 is 36.5 Å². The number of ketones is 1. The van der Waals surface area contributed by atoms with Gasteiger partial charge >= 0.3 is 0 Å². The molecule has 66 heavy (non-hydrogen) atoms. The Labute approximate surface area is 385 Å². The molecule has 0 bridgehead atoms. The van der Waals surface area contributed by atoms with Crippen LogP contribution in [0.1, 0.15) is 114 Å². The summed E-state index contributed by atoms with van der Waals surface area (Å²) in [7, 11) is 0. The Kier molecular flexibility index (Phi) is 14.2. The van der Waals surface area contributed by atoms with E-state index in [4.69, 9.17) is 0 Å². The monoisotopic (exact) mass is 897 g/mol. The fourth-order valence-electron chi connectivity index (χ4n) is 8.69. The second-order valence-electron chi connectivity index (χ2n) is 19.8. The third-order valence-corrected chi connectivity index (χ3v) is 11.8. The third kappa shape index (κ3) is 11.4. The number of aromatic nitrogens is 1. The lowest BCUT2D eigenvalue weighted by molar-refractivity contribution is -0.140. The van der Waals surface area contributed by atoms with Crippen molar-refractivity contribution in [3.05, 3.63) is 120 Å². The van der Waals surface area contributed by atoms with Crippen molar-refractivity contribution in [3.8, 4) is 11.3 Å². The van der Waals surface area contributed by atoms with Crippen LogP contribution < -0.4 is 26.6 Å². The number of rotatable bonds is 14. The third-order valence-electron chi connectivity index (χ3n) is 11.8. The summed E-state index contributed by atoms with van der Waals surface area (Å²) in [5.74, 6) is -2.88. The van der Waals surface area contributed by atoms with Crippen LogP contribution in [-0.2, 0) is 24.0 Å². The minimum absolute atomic E-state index is 0.0684. The number of halogens is 1. The van der Waals surface area contributed by atoms with Crippen LogP contribution in [0.25, 0.3) is 22.2 Å². The highest BCUT2D eigenvalue weighted by atomic mass is 19.1. The van der Waals surface area contributed by atoms with E-state index in [0.717, 1.165) is 6.42 Å². The largest absolute Gasteiger partial charge is 0.352 e. The minimum atomic E-state index is -1.11. The molecule has 2 fully saturated rings. The van der Waals surface area contributed by atoms with Crippen LogP contribution in [0.4, 0.5) is 15.8 Å². The normalized spacial score (nSPS) is 17.2. The van der Waals surface area contributed by atoms with Crippen molar-refractivity contribution < 1.29 is 33.2 Å². The molecule has 14 heteroatoms. The molecular formula is C52H60FN7O6. The van der Waals surface area contributed by atoms with Gasteiger partial charge in [0.05, 0.1) is 17.4 Å². The number of Topliss-reactive ketones (excluding diaryl/α,β-unsaturated/α-hetero) is 1. The van der Waals surface area contributed by atoms with Crippen molar-refractivity contribution in [2.24, 2.45) is 10.8 Å². The number of carbonyl (C=O) groups is 6. The van der Waals surface area contributed by atoms with Crippen LogP contribution >= 0.6 is 0 Å². The van der Waals surface area contributed by atoms with Gasteiger partial charge in [0.2, 0.25) is 29.5 Å². The molecule has 0 unspecified atom stereocenters. The Morgan fingerprint density at radius 2 is 1.33 bits per heavy atom. The number of hydrogen-bond acceptors (Lipinski definition) is 7. The first-order chi connectivity index (χ1) is 31.3. The average Bonchev–Trinajstić information content (AvgIpc) is 4.06. The molecule has 2 aliphatic heterocycles. The van der Waals surface area contributed by atoms with Gasteiger partial charge in [-0.2, -0.15) is 0 Å². The fourth-order valence-corrected chi connectivity index (χ4v) is 8.69. The van der Waals surface area contributed by atoms with Gasteiger partial charge in [-0.25, -0.2) is 4.39 Å². The lowest BCUT2D eigenvalue weighted by atomic mass is 9.90. The molecule has 6 N–H and O–H groups in total. The lowest BCUT2D eigenvalue weighted by Crippen LogP contribution is -2.49. The molecule has 2 aliphatic rings. The molecule has 0 radical (unpaired) electrons. The fraction of sp³-hybridized carbons (Fsp3) is 0.385. The molecule has 4 atom stereocenters. The summed E-state index contributed by atoms with van der Waals surface area (Å²) in [6.07, 6.45) is 2.81. The summed E-state index contributed by atoms with van der Waals surface area (Å²) in [5, 5.41) is 15.0. The predicted molar refractivity (Wildman–Crippen MR) is 254 cm³/mol. The molecule has 1 aromatic heterocycles. The van der Waals surface area contributed by atoms with E-state index in [1.807, 2.05) is 53.7 Å². The molecule has 2 saturated heterocycles. The van der Waals surface area contributed by atoms with Crippen LogP contribution in [0.2, 0.25) is 0 Å². The van der Waals surface area contributed by atoms with E-state index in [1.54, 1.807) is 72.8 Å². The van der Waals surface area contributed by atoms with Crippen molar-refractivity contribution in [1.29, 1.82) is 0 Å². The van der Waals surface area contributed by atoms with Crippen LogP contribution in [-0.4, -0.2) is 70.4 Å². The Morgan fingerprint density at radius 1 is 0.712 bits per heavy atom. The van der Waals surface area contributed by atoms with Gasteiger partial charge in [-0.05, 0) is 84.5 Å².